The summed E-state index contributed by atoms with van der Waals surface area (Å²) in [6, 6.07) is 9.69. The summed E-state index contributed by atoms with van der Waals surface area (Å²) in [4.78, 5) is 13.2. The summed E-state index contributed by atoms with van der Waals surface area (Å²) >= 11 is 3.53. The van der Waals surface area contributed by atoms with Crippen LogP contribution in [0, 0.1) is 13.8 Å². The summed E-state index contributed by atoms with van der Waals surface area (Å²) in [5, 5.41) is 15.9. The molecule has 0 aliphatic carbocycles. The first-order valence-corrected chi connectivity index (χ1v) is 9.46. The molecule has 1 atom stereocenters. The molecule has 0 radical (unpaired) electrons. The molecule has 0 bridgehead atoms. The number of benzene rings is 1. The number of anilines is 3. The van der Waals surface area contributed by atoms with Crippen molar-refractivity contribution < 1.29 is 5.11 Å². The Labute approximate surface area is 167 Å². The smallest absolute Gasteiger partial charge is 0.225 e. The van der Waals surface area contributed by atoms with Crippen molar-refractivity contribution in [3.8, 4) is 11.3 Å². The Morgan fingerprint density at radius 1 is 1.07 bits per heavy atom. The van der Waals surface area contributed by atoms with E-state index in [9.17, 15) is 5.11 Å². The molecule has 1 aromatic carbocycles. The quantitative estimate of drug-likeness (QED) is 0.538. The topological polar surface area (TPSA) is 83.0 Å². The van der Waals surface area contributed by atoms with Crippen LogP contribution in [0.15, 0.2) is 47.2 Å². The monoisotopic (exact) mass is 427 g/mol. The molecule has 0 aliphatic rings. The number of hydrogen-bond acceptors (Lipinski definition) is 6. The van der Waals surface area contributed by atoms with Crippen LogP contribution in [-0.2, 0) is 0 Å². The molecule has 27 heavy (non-hydrogen) atoms. The first kappa shape index (κ1) is 19.3. The minimum atomic E-state index is -0.151. The Hall–Kier alpha value is -2.51. The van der Waals surface area contributed by atoms with Crippen LogP contribution in [0.2, 0.25) is 0 Å². The fraction of sp³-hybridized carbons (Fsp3) is 0.250. The number of aliphatic hydroxyl groups excluding tert-OH is 1. The number of pyridine rings is 1. The number of rotatable bonds is 6. The third-order valence-electron chi connectivity index (χ3n) is 4.10. The van der Waals surface area contributed by atoms with E-state index in [0.29, 0.717) is 11.8 Å². The van der Waals surface area contributed by atoms with Gasteiger partial charge in [0.2, 0.25) is 5.95 Å². The minimum Gasteiger partial charge on any atom is -0.394 e. The first-order chi connectivity index (χ1) is 13.0. The Bertz CT molecular complexity index is 910. The molecule has 2 heterocycles. The Balaban J connectivity index is 2.02. The van der Waals surface area contributed by atoms with Crippen LogP contribution in [0.3, 0.4) is 0 Å². The molecule has 2 aromatic heterocycles. The van der Waals surface area contributed by atoms with Gasteiger partial charge >= 0.3 is 0 Å². The molecule has 6 nitrogen and oxygen atoms in total. The molecule has 0 spiro atoms. The van der Waals surface area contributed by atoms with Gasteiger partial charge in [0.15, 0.2) is 0 Å². The number of nitrogens with one attached hydrogen (secondary N) is 2. The van der Waals surface area contributed by atoms with Gasteiger partial charge in [0.05, 0.1) is 12.3 Å². The van der Waals surface area contributed by atoms with Crippen LogP contribution in [-0.4, -0.2) is 32.7 Å². The second-order valence-corrected chi connectivity index (χ2v) is 7.38. The number of aryl methyl sites for hydroxylation is 2. The van der Waals surface area contributed by atoms with Gasteiger partial charge in [-0.25, -0.2) is 4.98 Å². The van der Waals surface area contributed by atoms with Gasteiger partial charge in [0, 0.05) is 40.2 Å². The number of nitrogens with zero attached hydrogens (tertiary/aromatic N) is 3. The van der Waals surface area contributed by atoms with Crippen molar-refractivity contribution in [2.24, 2.45) is 0 Å². The van der Waals surface area contributed by atoms with Crippen molar-refractivity contribution in [1.29, 1.82) is 0 Å². The largest absolute Gasteiger partial charge is 0.394 e. The molecule has 0 unspecified atom stereocenters. The molecule has 7 heteroatoms. The fourth-order valence-corrected chi connectivity index (χ4v) is 3.44. The van der Waals surface area contributed by atoms with Crippen molar-refractivity contribution in [2.75, 3.05) is 17.2 Å². The zero-order chi connectivity index (χ0) is 19.4. The van der Waals surface area contributed by atoms with Gasteiger partial charge in [-0.15, -0.1) is 0 Å². The molecule has 0 fully saturated rings. The number of aliphatic hydroxyl groups is 1. The maximum Gasteiger partial charge on any atom is 0.225 e. The van der Waals surface area contributed by atoms with E-state index in [2.05, 4.69) is 67.5 Å². The number of halogens is 1. The van der Waals surface area contributed by atoms with E-state index in [1.165, 1.54) is 0 Å². The van der Waals surface area contributed by atoms with Gasteiger partial charge in [-0.1, -0.05) is 15.9 Å². The summed E-state index contributed by atoms with van der Waals surface area (Å²) in [6.45, 7) is 5.98. The molecular weight excluding hydrogens is 406 g/mol. The van der Waals surface area contributed by atoms with Gasteiger partial charge in [0.1, 0.15) is 5.82 Å². The Morgan fingerprint density at radius 2 is 1.74 bits per heavy atom. The molecule has 140 valence electrons. The average molecular weight is 428 g/mol. The lowest BCUT2D eigenvalue weighted by Crippen LogP contribution is -2.21. The molecule has 3 aromatic rings. The summed E-state index contributed by atoms with van der Waals surface area (Å²) in [7, 11) is 0. The SMILES string of the molecule is Cc1cc(Br)cc(C)c1Nc1cc(-c2ccncc2)nc(N[C@@H](C)CO)n1. The van der Waals surface area contributed by atoms with E-state index in [0.717, 1.165) is 32.5 Å². The van der Waals surface area contributed by atoms with Gasteiger partial charge in [-0.05, 0) is 56.2 Å². The van der Waals surface area contributed by atoms with Gasteiger partial charge in [-0.2, -0.15) is 4.98 Å². The van der Waals surface area contributed by atoms with Crippen LogP contribution in [0.5, 0.6) is 0 Å². The highest BCUT2D eigenvalue weighted by atomic mass is 79.9. The lowest BCUT2D eigenvalue weighted by Gasteiger charge is -2.16. The van der Waals surface area contributed by atoms with Crippen molar-refractivity contribution in [2.45, 2.75) is 26.8 Å². The second-order valence-electron chi connectivity index (χ2n) is 6.47. The van der Waals surface area contributed by atoms with Crippen LogP contribution in [0.1, 0.15) is 18.1 Å². The van der Waals surface area contributed by atoms with Crippen molar-refractivity contribution in [3.05, 3.63) is 58.3 Å². The maximum atomic E-state index is 9.34. The third kappa shape index (κ3) is 4.81. The fourth-order valence-electron chi connectivity index (χ4n) is 2.75. The summed E-state index contributed by atoms with van der Waals surface area (Å²) in [6.07, 6.45) is 3.47. The van der Waals surface area contributed by atoms with E-state index in [4.69, 9.17) is 0 Å². The van der Waals surface area contributed by atoms with Crippen LogP contribution >= 0.6 is 15.9 Å². The summed E-state index contributed by atoms with van der Waals surface area (Å²) in [5.41, 5.74) is 4.96. The molecule has 3 rings (SSSR count). The first-order valence-electron chi connectivity index (χ1n) is 8.67. The Kier molecular flexibility index (Phi) is 6.03. The molecule has 0 saturated carbocycles. The molecule has 0 aliphatic heterocycles. The van der Waals surface area contributed by atoms with Gasteiger partial charge in [-0.3, -0.25) is 4.98 Å². The predicted octanol–water partition coefficient (Wildman–Crippen LogP) is 4.45. The van der Waals surface area contributed by atoms with Crippen molar-refractivity contribution >= 4 is 33.4 Å². The van der Waals surface area contributed by atoms with Crippen molar-refractivity contribution in [1.82, 2.24) is 15.0 Å². The normalized spacial score (nSPS) is 11.9. The van der Waals surface area contributed by atoms with Crippen molar-refractivity contribution in [3.63, 3.8) is 0 Å². The van der Waals surface area contributed by atoms with E-state index >= 15 is 0 Å². The molecule has 0 amide bonds. The zero-order valence-corrected chi connectivity index (χ0v) is 17.1. The average Bonchev–Trinajstić information content (AvgIpc) is 2.65. The zero-order valence-electron chi connectivity index (χ0n) is 15.5. The molecule has 3 N–H and O–H groups in total. The standard InChI is InChI=1S/C20H22BrN5O/c1-12-8-16(21)9-13(2)19(12)25-18-10-17(15-4-6-22-7-5-15)24-20(26-18)23-14(3)11-27/h4-10,14,27H,11H2,1-3H3,(H2,23,24,25,26)/t14-/m0/s1. The predicted molar refractivity (Wildman–Crippen MR) is 112 cm³/mol. The highest BCUT2D eigenvalue weighted by Crippen LogP contribution is 2.29. The summed E-state index contributed by atoms with van der Waals surface area (Å²) in [5.74, 6) is 1.14. The second kappa shape index (κ2) is 8.45. The third-order valence-corrected chi connectivity index (χ3v) is 4.56. The summed E-state index contributed by atoms with van der Waals surface area (Å²) < 4.78 is 1.04. The molecule has 0 saturated heterocycles. The van der Waals surface area contributed by atoms with Crippen LogP contribution in [0.25, 0.3) is 11.3 Å². The maximum absolute atomic E-state index is 9.34. The highest BCUT2D eigenvalue weighted by molar-refractivity contribution is 9.10. The van der Waals surface area contributed by atoms with Crippen LogP contribution < -0.4 is 10.6 Å². The van der Waals surface area contributed by atoms with Gasteiger partial charge in [0.25, 0.3) is 0 Å². The Morgan fingerprint density at radius 3 is 2.37 bits per heavy atom. The van der Waals surface area contributed by atoms with E-state index in [-0.39, 0.29) is 12.6 Å². The number of hydrogen-bond donors (Lipinski definition) is 3. The van der Waals surface area contributed by atoms with E-state index in [1.54, 1.807) is 12.4 Å². The number of aromatic nitrogens is 3. The lowest BCUT2D eigenvalue weighted by atomic mass is 10.1. The lowest BCUT2D eigenvalue weighted by molar-refractivity contribution is 0.281. The van der Waals surface area contributed by atoms with Crippen LogP contribution in [0.4, 0.5) is 17.5 Å². The van der Waals surface area contributed by atoms with E-state index in [1.807, 2.05) is 25.1 Å². The minimum absolute atomic E-state index is 0.00344. The molecular formula is C20H22BrN5O. The van der Waals surface area contributed by atoms with E-state index < -0.39 is 0 Å². The van der Waals surface area contributed by atoms with Gasteiger partial charge < -0.3 is 15.7 Å². The highest BCUT2D eigenvalue weighted by Gasteiger charge is 2.11.